The minimum atomic E-state index is -0.468. The molecule has 0 amide bonds. The Morgan fingerprint density at radius 3 is 2.49 bits per heavy atom. The van der Waals surface area contributed by atoms with Gasteiger partial charge in [0.05, 0.1) is 34.9 Å². The topological polar surface area (TPSA) is 92.0 Å². The monoisotopic (exact) mass is 539 g/mol. The summed E-state index contributed by atoms with van der Waals surface area (Å²) in [6.07, 6.45) is 3.28. The van der Waals surface area contributed by atoms with Gasteiger partial charge in [0.25, 0.3) is 5.56 Å². The zero-order valence-corrected chi connectivity index (χ0v) is 23.0. The van der Waals surface area contributed by atoms with Crippen LogP contribution in [0, 0.1) is 13.8 Å². The lowest BCUT2D eigenvalue weighted by Gasteiger charge is -2.19. The zero-order chi connectivity index (χ0) is 26.9. The molecule has 10 heteroatoms. The highest BCUT2D eigenvalue weighted by Crippen LogP contribution is 2.30. The molecule has 0 aromatic carbocycles. The Bertz CT molecular complexity index is 1530. The maximum atomic E-state index is 13.4. The second-order valence-corrected chi connectivity index (χ2v) is 10.3. The maximum Gasteiger partial charge on any atom is 0.277 e. The van der Waals surface area contributed by atoms with Crippen LogP contribution in [0.3, 0.4) is 0 Å². The van der Waals surface area contributed by atoms with Crippen molar-refractivity contribution in [1.29, 1.82) is 0 Å². The molecule has 0 bridgehead atoms. The lowest BCUT2D eigenvalue weighted by Crippen LogP contribution is -2.22. The summed E-state index contributed by atoms with van der Waals surface area (Å²) in [5.41, 5.74) is 3.03. The average Bonchev–Trinajstić information content (AvgIpc) is 2.86. The summed E-state index contributed by atoms with van der Waals surface area (Å²) in [7, 11) is 1.54. The number of halogens is 2. The van der Waals surface area contributed by atoms with Crippen LogP contribution in [0.25, 0.3) is 17.1 Å². The number of aryl methyl sites for hydroxylation is 2. The molecule has 0 radical (unpaired) electrons. The van der Waals surface area contributed by atoms with Crippen molar-refractivity contribution in [1.82, 2.24) is 24.5 Å². The van der Waals surface area contributed by atoms with Crippen LogP contribution in [0.15, 0.2) is 47.5 Å². The van der Waals surface area contributed by atoms with Gasteiger partial charge in [-0.25, -0.2) is 15.0 Å². The van der Waals surface area contributed by atoms with E-state index in [9.17, 15) is 4.79 Å². The van der Waals surface area contributed by atoms with Gasteiger partial charge in [0.2, 0.25) is 5.88 Å². The Labute approximate surface area is 225 Å². The molecule has 8 nitrogen and oxygen atoms in total. The summed E-state index contributed by atoms with van der Waals surface area (Å²) in [6.45, 7) is 9.93. The number of methoxy groups -OCH3 is 1. The van der Waals surface area contributed by atoms with Crippen LogP contribution in [0.2, 0.25) is 10.0 Å². The molecule has 192 valence electrons. The molecular formula is C27H27Cl2N5O3. The van der Waals surface area contributed by atoms with Crippen LogP contribution in [-0.2, 0) is 12.0 Å². The molecule has 4 aromatic rings. The molecule has 0 saturated heterocycles. The zero-order valence-electron chi connectivity index (χ0n) is 21.5. The molecule has 37 heavy (non-hydrogen) atoms. The van der Waals surface area contributed by atoms with Gasteiger partial charge in [-0.2, -0.15) is 0 Å². The summed E-state index contributed by atoms with van der Waals surface area (Å²) in [4.78, 5) is 31.4. The van der Waals surface area contributed by atoms with E-state index in [1.807, 2.05) is 33.8 Å². The summed E-state index contributed by atoms with van der Waals surface area (Å²) < 4.78 is 12.4. The van der Waals surface area contributed by atoms with E-state index in [0.717, 1.165) is 5.56 Å². The van der Waals surface area contributed by atoms with Gasteiger partial charge in [0, 0.05) is 35.6 Å². The van der Waals surface area contributed by atoms with E-state index >= 15 is 0 Å². The van der Waals surface area contributed by atoms with Crippen molar-refractivity contribution in [3.8, 4) is 28.7 Å². The van der Waals surface area contributed by atoms with Crippen molar-refractivity contribution in [2.45, 2.75) is 46.6 Å². The predicted octanol–water partition coefficient (Wildman–Crippen LogP) is 5.89. The van der Waals surface area contributed by atoms with Gasteiger partial charge in [0.1, 0.15) is 23.2 Å². The number of nitrogens with zero attached hydrogens (tertiary/aromatic N) is 5. The first-order valence-corrected chi connectivity index (χ1v) is 12.3. The van der Waals surface area contributed by atoms with Gasteiger partial charge >= 0.3 is 0 Å². The number of aromatic nitrogens is 5. The number of pyridine rings is 3. The molecule has 4 heterocycles. The largest absolute Gasteiger partial charge is 0.485 e. The number of ether oxygens (including phenoxy) is 2. The molecular weight excluding hydrogens is 513 g/mol. The summed E-state index contributed by atoms with van der Waals surface area (Å²) in [6, 6.07) is 8.76. The van der Waals surface area contributed by atoms with Gasteiger partial charge in [-0.05, 0) is 31.5 Å². The van der Waals surface area contributed by atoms with Gasteiger partial charge in [-0.15, -0.1) is 0 Å². The van der Waals surface area contributed by atoms with E-state index in [0.29, 0.717) is 45.2 Å². The smallest absolute Gasteiger partial charge is 0.277 e. The predicted molar refractivity (Wildman–Crippen MR) is 144 cm³/mol. The fourth-order valence-corrected chi connectivity index (χ4v) is 4.06. The highest BCUT2D eigenvalue weighted by molar-refractivity contribution is 6.33. The first-order valence-electron chi connectivity index (χ1n) is 11.5. The van der Waals surface area contributed by atoms with E-state index in [1.54, 1.807) is 37.4 Å². The molecule has 0 aliphatic carbocycles. The van der Waals surface area contributed by atoms with E-state index < -0.39 is 5.56 Å². The number of rotatable bonds is 6. The molecule has 0 unspecified atom stereocenters. The maximum absolute atomic E-state index is 13.4. The van der Waals surface area contributed by atoms with Crippen LogP contribution in [0.5, 0.6) is 11.6 Å². The third-order valence-electron chi connectivity index (χ3n) is 5.63. The summed E-state index contributed by atoms with van der Waals surface area (Å²) in [5.74, 6) is 1.40. The Morgan fingerprint density at radius 2 is 1.78 bits per heavy atom. The Balaban J connectivity index is 1.73. The van der Waals surface area contributed by atoms with E-state index in [2.05, 4.69) is 15.0 Å². The average molecular weight is 540 g/mol. The summed E-state index contributed by atoms with van der Waals surface area (Å²) >= 11 is 13.0. The lowest BCUT2D eigenvalue weighted by molar-refractivity contribution is 0.297. The van der Waals surface area contributed by atoms with Gasteiger partial charge in [-0.1, -0.05) is 50.0 Å². The minimum absolute atomic E-state index is 0.0730. The van der Waals surface area contributed by atoms with Gasteiger partial charge in [0.15, 0.2) is 0 Å². The molecule has 0 saturated carbocycles. The fourth-order valence-electron chi connectivity index (χ4n) is 3.68. The van der Waals surface area contributed by atoms with Crippen LogP contribution >= 0.6 is 23.2 Å². The normalized spacial score (nSPS) is 11.5. The number of hydrogen-bond donors (Lipinski definition) is 0. The lowest BCUT2D eigenvalue weighted by atomic mass is 9.95. The molecule has 0 N–H and O–H groups in total. The quantitative estimate of drug-likeness (QED) is 0.301. The van der Waals surface area contributed by atoms with Crippen LogP contribution < -0.4 is 15.0 Å². The Kier molecular flexibility index (Phi) is 7.52. The van der Waals surface area contributed by atoms with E-state index in [4.69, 9.17) is 37.7 Å². The van der Waals surface area contributed by atoms with Crippen molar-refractivity contribution in [3.05, 3.63) is 85.9 Å². The second-order valence-electron chi connectivity index (χ2n) is 9.56. The highest BCUT2D eigenvalue weighted by atomic mass is 35.5. The first-order chi connectivity index (χ1) is 17.5. The standard InChI is InChI=1S/C27H27Cl2N5O3/c1-15-12-31-26(27(3,4)5)33-24(15)19-11-20(18(28)13-30-19)34-16(2)10-21(23(29)25(34)35)37-14-17-8-7-9-22(32-17)36-6/h7-13H,14H2,1-6H3. The Morgan fingerprint density at radius 1 is 1.03 bits per heavy atom. The van der Waals surface area contributed by atoms with Crippen LogP contribution in [-0.4, -0.2) is 31.6 Å². The van der Waals surface area contributed by atoms with E-state index in [1.165, 1.54) is 17.9 Å². The highest BCUT2D eigenvalue weighted by Gasteiger charge is 2.21. The third-order valence-corrected chi connectivity index (χ3v) is 6.27. The second kappa shape index (κ2) is 10.5. The van der Waals surface area contributed by atoms with Crippen LogP contribution in [0.4, 0.5) is 0 Å². The van der Waals surface area contributed by atoms with Crippen molar-refractivity contribution in [2.24, 2.45) is 0 Å². The van der Waals surface area contributed by atoms with Crippen molar-refractivity contribution >= 4 is 23.2 Å². The SMILES string of the molecule is COc1cccc(COc2cc(C)n(-c3cc(-c4nc(C(C)(C)C)ncc4C)ncc3Cl)c(=O)c2Cl)n1. The fraction of sp³-hybridized carbons (Fsp3) is 0.296. The first kappa shape index (κ1) is 26.6. The molecule has 0 spiro atoms. The van der Waals surface area contributed by atoms with Crippen molar-refractivity contribution < 1.29 is 9.47 Å². The molecule has 0 fully saturated rings. The van der Waals surface area contributed by atoms with Gasteiger partial charge in [-0.3, -0.25) is 14.3 Å². The summed E-state index contributed by atoms with van der Waals surface area (Å²) in [5, 5.41) is 0.221. The molecule has 0 atom stereocenters. The Hall–Kier alpha value is -3.49. The van der Waals surface area contributed by atoms with Gasteiger partial charge < -0.3 is 9.47 Å². The number of hydrogen-bond acceptors (Lipinski definition) is 7. The van der Waals surface area contributed by atoms with E-state index in [-0.39, 0.29) is 22.8 Å². The minimum Gasteiger partial charge on any atom is -0.485 e. The molecule has 4 aromatic heterocycles. The van der Waals surface area contributed by atoms with Crippen molar-refractivity contribution in [2.75, 3.05) is 7.11 Å². The van der Waals surface area contributed by atoms with Crippen LogP contribution in [0.1, 0.15) is 43.5 Å². The third kappa shape index (κ3) is 5.60. The molecule has 0 aliphatic heterocycles. The molecule has 0 aliphatic rings. The van der Waals surface area contributed by atoms with Crippen molar-refractivity contribution in [3.63, 3.8) is 0 Å². The molecule has 4 rings (SSSR count).